The Morgan fingerprint density at radius 3 is 2.46 bits per heavy atom. The number of carbonyl (C=O) groups excluding carboxylic acids is 2. The summed E-state index contributed by atoms with van der Waals surface area (Å²) < 4.78 is 15.5. The lowest BCUT2D eigenvalue weighted by molar-refractivity contribution is 0.0529. The van der Waals surface area contributed by atoms with Crippen LogP contribution in [0.15, 0.2) is 34.2 Å². The number of benzene rings is 1. The number of anilines is 1. The minimum absolute atomic E-state index is 0.230. The highest BCUT2D eigenvalue weighted by molar-refractivity contribution is 7.15. The Morgan fingerprint density at radius 2 is 1.89 bits per heavy atom. The average Bonchev–Trinajstić information content (AvgIpc) is 3.25. The number of ether oxygens (including phenoxy) is 2. The number of nitrogens with zero attached hydrogens (tertiary/aromatic N) is 1. The van der Waals surface area contributed by atoms with Crippen LogP contribution in [0.25, 0.3) is 11.1 Å². The van der Waals surface area contributed by atoms with E-state index >= 15 is 0 Å². The molecule has 0 unspecified atom stereocenters. The van der Waals surface area contributed by atoms with Crippen LogP contribution in [0.4, 0.5) is 5.00 Å². The minimum Gasteiger partial charge on any atom is -0.497 e. The maximum atomic E-state index is 12.7. The Labute approximate surface area is 166 Å². The van der Waals surface area contributed by atoms with Crippen LogP contribution in [0.2, 0.25) is 0 Å². The van der Waals surface area contributed by atoms with Crippen molar-refractivity contribution in [3.63, 3.8) is 0 Å². The van der Waals surface area contributed by atoms with Gasteiger partial charge in [0, 0.05) is 10.9 Å². The van der Waals surface area contributed by atoms with Gasteiger partial charge in [0.25, 0.3) is 5.91 Å². The number of nitrogens with one attached hydrogen (secondary N) is 1. The molecule has 1 N–H and O–H groups in total. The van der Waals surface area contributed by atoms with E-state index in [9.17, 15) is 9.59 Å². The number of amides is 1. The maximum Gasteiger partial charge on any atom is 0.341 e. The summed E-state index contributed by atoms with van der Waals surface area (Å²) in [6.45, 7) is 5.32. The fraction of sp³-hybridized carbons (Fsp3) is 0.250. The zero-order chi connectivity index (χ0) is 20.3. The van der Waals surface area contributed by atoms with Gasteiger partial charge in [-0.1, -0.05) is 17.3 Å². The Balaban J connectivity index is 2.00. The molecule has 3 rings (SSSR count). The second-order valence-electron chi connectivity index (χ2n) is 5.96. The van der Waals surface area contributed by atoms with Gasteiger partial charge in [-0.25, -0.2) is 4.79 Å². The zero-order valence-corrected chi connectivity index (χ0v) is 16.8. The number of rotatable bonds is 6. The highest BCUT2D eigenvalue weighted by Gasteiger charge is 2.25. The van der Waals surface area contributed by atoms with Crippen LogP contribution >= 0.6 is 11.3 Å². The van der Waals surface area contributed by atoms with Gasteiger partial charge in [0.2, 0.25) is 0 Å². The van der Waals surface area contributed by atoms with Gasteiger partial charge in [0.05, 0.1) is 19.4 Å². The predicted octanol–water partition coefficient (Wildman–Crippen LogP) is 4.46. The third kappa shape index (κ3) is 3.77. The first-order valence-electron chi connectivity index (χ1n) is 8.63. The summed E-state index contributed by atoms with van der Waals surface area (Å²) in [7, 11) is 1.59. The molecule has 146 valence electrons. The molecular weight excluding hydrogens is 380 g/mol. The van der Waals surface area contributed by atoms with E-state index < -0.39 is 5.97 Å². The van der Waals surface area contributed by atoms with Crippen molar-refractivity contribution in [1.29, 1.82) is 0 Å². The van der Waals surface area contributed by atoms with E-state index in [1.807, 2.05) is 29.6 Å². The summed E-state index contributed by atoms with van der Waals surface area (Å²) in [5, 5.41) is 8.83. The summed E-state index contributed by atoms with van der Waals surface area (Å²) in [5.41, 5.74) is 2.66. The SMILES string of the molecule is CCOC(=O)c1c(-c2ccc(OC)cc2)csc1NC(=O)c1c(C)noc1C. The van der Waals surface area contributed by atoms with Crippen molar-refractivity contribution in [2.45, 2.75) is 20.8 Å². The number of aryl methyl sites for hydroxylation is 2. The molecule has 0 fully saturated rings. The Morgan fingerprint density at radius 1 is 1.18 bits per heavy atom. The molecule has 1 amide bonds. The van der Waals surface area contributed by atoms with E-state index in [-0.39, 0.29) is 12.5 Å². The van der Waals surface area contributed by atoms with Gasteiger partial charge in [0.15, 0.2) is 0 Å². The molecule has 0 saturated carbocycles. The van der Waals surface area contributed by atoms with Crippen molar-refractivity contribution in [3.8, 4) is 16.9 Å². The molecule has 3 aromatic rings. The molecule has 1 aromatic carbocycles. The molecule has 2 aromatic heterocycles. The molecule has 0 bridgehead atoms. The molecule has 2 heterocycles. The van der Waals surface area contributed by atoms with Crippen molar-refractivity contribution < 1.29 is 23.6 Å². The molecular formula is C20H20N2O5S. The number of methoxy groups -OCH3 is 1. The summed E-state index contributed by atoms with van der Waals surface area (Å²) in [4.78, 5) is 25.3. The third-order valence-electron chi connectivity index (χ3n) is 4.16. The van der Waals surface area contributed by atoms with Crippen molar-refractivity contribution in [2.24, 2.45) is 0 Å². The van der Waals surface area contributed by atoms with Gasteiger partial charge in [-0.3, -0.25) is 4.79 Å². The number of hydrogen-bond donors (Lipinski definition) is 1. The van der Waals surface area contributed by atoms with E-state index in [4.69, 9.17) is 14.0 Å². The number of carbonyl (C=O) groups is 2. The second-order valence-corrected chi connectivity index (χ2v) is 6.84. The fourth-order valence-corrected chi connectivity index (χ4v) is 3.76. The fourth-order valence-electron chi connectivity index (χ4n) is 2.81. The first-order valence-corrected chi connectivity index (χ1v) is 9.51. The lowest BCUT2D eigenvalue weighted by Crippen LogP contribution is -2.16. The first kappa shape index (κ1) is 19.6. The van der Waals surface area contributed by atoms with Gasteiger partial charge in [-0.15, -0.1) is 11.3 Å². The largest absolute Gasteiger partial charge is 0.497 e. The van der Waals surface area contributed by atoms with Gasteiger partial charge in [-0.2, -0.15) is 0 Å². The second kappa shape index (κ2) is 8.26. The Bertz CT molecular complexity index is 985. The van der Waals surface area contributed by atoms with E-state index in [2.05, 4.69) is 10.5 Å². The van der Waals surface area contributed by atoms with Crippen molar-refractivity contribution in [2.75, 3.05) is 19.0 Å². The van der Waals surface area contributed by atoms with Crippen molar-refractivity contribution in [1.82, 2.24) is 5.16 Å². The van der Waals surface area contributed by atoms with Crippen LogP contribution in [0.1, 0.15) is 39.1 Å². The molecule has 28 heavy (non-hydrogen) atoms. The minimum atomic E-state index is -0.497. The first-order chi connectivity index (χ1) is 13.5. The van der Waals surface area contributed by atoms with Crippen molar-refractivity contribution in [3.05, 3.63) is 52.2 Å². The van der Waals surface area contributed by atoms with Crippen LogP contribution < -0.4 is 10.1 Å². The summed E-state index contributed by atoms with van der Waals surface area (Å²) >= 11 is 1.26. The normalized spacial score (nSPS) is 10.6. The molecule has 0 spiro atoms. The zero-order valence-electron chi connectivity index (χ0n) is 16.0. The smallest absolute Gasteiger partial charge is 0.341 e. The number of esters is 1. The van der Waals surface area contributed by atoms with Crippen LogP contribution in [0, 0.1) is 13.8 Å². The van der Waals surface area contributed by atoms with E-state index in [1.165, 1.54) is 11.3 Å². The van der Waals surface area contributed by atoms with E-state index in [1.54, 1.807) is 27.9 Å². The lowest BCUT2D eigenvalue weighted by Gasteiger charge is -2.09. The average molecular weight is 400 g/mol. The third-order valence-corrected chi connectivity index (χ3v) is 5.05. The van der Waals surface area contributed by atoms with Crippen LogP contribution in [-0.2, 0) is 4.74 Å². The van der Waals surface area contributed by atoms with Crippen LogP contribution in [0.5, 0.6) is 5.75 Å². The Hall–Kier alpha value is -3.13. The summed E-state index contributed by atoms with van der Waals surface area (Å²) in [6, 6.07) is 7.32. The molecule has 7 nitrogen and oxygen atoms in total. The molecule has 0 aliphatic carbocycles. The summed E-state index contributed by atoms with van der Waals surface area (Å²) in [5.74, 6) is 0.247. The Kier molecular flexibility index (Phi) is 5.79. The quantitative estimate of drug-likeness (QED) is 0.615. The lowest BCUT2D eigenvalue weighted by atomic mass is 10.0. The molecule has 0 atom stereocenters. The number of thiophene rings is 1. The molecule has 0 aliphatic rings. The monoisotopic (exact) mass is 400 g/mol. The number of aromatic nitrogens is 1. The summed E-state index contributed by atoms with van der Waals surface area (Å²) in [6.07, 6.45) is 0. The highest BCUT2D eigenvalue weighted by Crippen LogP contribution is 2.37. The van der Waals surface area contributed by atoms with E-state index in [0.29, 0.717) is 38.9 Å². The van der Waals surface area contributed by atoms with Gasteiger partial charge in [0.1, 0.15) is 27.6 Å². The van der Waals surface area contributed by atoms with Crippen molar-refractivity contribution >= 4 is 28.2 Å². The molecule has 0 aliphatic heterocycles. The van der Waals surface area contributed by atoms with Crippen LogP contribution in [-0.4, -0.2) is 30.7 Å². The maximum absolute atomic E-state index is 12.7. The molecule has 0 saturated heterocycles. The number of hydrogen-bond acceptors (Lipinski definition) is 7. The predicted molar refractivity (Wildman–Crippen MR) is 106 cm³/mol. The van der Waals surface area contributed by atoms with Gasteiger partial charge >= 0.3 is 5.97 Å². The molecule has 0 radical (unpaired) electrons. The molecule has 8 heteroatoms. The van der Waals surface area contributed by atoms with Gasteiger partial charge < -0.3 is 19.3 Å². The van der Waals surface area contributed by atoms with Gasteiger partial charge in [-0.05, 0) is 38.5 Å². The topological polar surface area (TPSA) is 90.7 Å². The highest BCUT2D eigenvalue weighted by atomic mass is 32.1. The standard InChI is InChI=1S/C20H20N2O5S/c1-5-26-20(24)17-15(13-6-8-14(25-4)9-7-13)10-28-19(17)21-18(23)16-11(2)22-27-12(16)3/h6-10H,5H2,1-4H3,(H,21,23). The van der Waals surface area contributed by atoms with Crippen LogP contribution in [0.3, 0.4) is 0 Å². The van der Waals surface area contributed by atoms with E-state index in [0.717, 1.165) is 5.56 Å².